The minimum atomic E-state index is -0.352. The maximum atomic E-state index is 13.5. The molecule has 0 N–H and O–H groups in total. The molecule has 0 unspecified atom stereocenters. The van der Waals surface area contributed by atoms with E-state index in [0.29, 0.717) is 37.4 Å². The summed E-state index contributed by atoms with van der Waals surface area (Å²) in [5.41, 5.74) is 3.47. The fraction of sp³-hybridized carbons (Fsp3) is 0.133. The molecule has 0 aliphatic carbocycles. The van der Waals surface area contributed by atoms with Crippen molar-refractivity contribution in [2.45, 2.75) is 19.5 Å². The fourth-order valence-corrected chi connectivity index (χ4v) is 3.70. The number of hydrogen-bond donors (Lipinski definition) is 0. The Balaban J connectivity index is 1.44. The molecule has 0 bridgehead atoms. The zero-order chi connectivity index (χ0) is 25.2. The van der Waals surface area contributed by atoms with Gasteiger partial charge in [0.15, 0.2) is 0 Å². The Morgan fingerprint density at radius 1 is 0.806 bits per heavy atom. The summed E-state index contributed by atoms with van der Waals surface area (Å²) < 4.78 is 32.5. The van der Waals surface area contributed by atoms with E-state index < -0.39 is 0 Å². The molecule has 0 fully saturated rings. The van der Waals surface area contributed by atoms with E-state index >= 15 is 0 Å². The third-order valence-corrected chi connectivity index (χ3v) is 5.55. The van der Waals surface area contributed by atoms with Gasteiger partial charge in [0.1, 0.15) is 17.4 Å². The summed E-state index contributed by atoms with van der Waals surface area (Å²) >= 11 is 0. The van der Waals surface area contributed by atoms with Gasteiger partial charge in [-0.25, -0.2) is 8.78 Å². The van der Waals surface area contributed by atoms with Gasteiger partial charge in [-0.2, -0.15) is 0 Å². The molecule has 4 rings (SSSR count). The molecule has 0 aliphatic heterocycles. The summed E-state index contributed by atoms with van der Waals surface area (Å²) in [7, 11) is 0. The molecular weight excluding hydrogens is 458 g/mol. The molecule has 6 heteroatoms. The number of nitrogens with zero attached hydrogens (tertiary/aromatic N) is 2. The van der Waals surface area contributed by atoms with Crippen LogP contribution < -0.4 is 4.74 Å². The zero-order valence-corrected chi connectivity index (χ0v) is 19.7. The SMILES string of the molecule is O=C(C=Cc1cccc(F)c1)N(Cc1ccncc1)Cc1cccc(OCCc2ccc(F)cc2)c1. The molecular formula is C30H26F2N2O2. The van der Waals surface area contributed by atoms with Crippen LogP contribution in [-0.4, -0.2) is 22.4 Å². The summed E-state index contributed by atoms with van der Waals surface area (Å²) in [5, 5.41) is 0. The summed E-state index contributed by atoms with van der Waals surface area (Å²) in [5.74, 6) is -0.113. The number of halogens is 2. The highest BCUT2D eigenvalue weighted by atomic mass is 19.1. The van der Waals surface area contributed by atoms with Crippen molar-refractivity contribution in [2.24, 2.45) is 0 Å². The van der Waals surface area contributed by atoms with Crippen molar-refractivity contribution < 1.29 is 18.3 Å². The Kier molecular flexibility index (Phi) is 8.54. The van der Waals surface area contributed by atoms with E-state index in [4.69, 9.17) is 4.74 Å². The topological polar surface area (TPSA) is 42.4 Å². The van der Waals surface area contributed by atoms with Crippen molar-refractivity contribution in [2.75, 3.05) is 6.61 Å². The third-order valence-electron chi connectivity index (χ3n) is 5.55. The Morgan fingerprint density at radius 3 is 2.33 bits per heavy atom. The first-order valence-electron chi connectivity index (χ1n) is 11.6. The zero-order valence-electron chi connectivity index (χ0n) is 19.7. The van der Waals surface area contributed by atoms with Crippen LogP contribution in [-0.2, 0) is 24.3 Å². The van der Waals surface area contributed by atoms with Crippen LogP contribution in [0.2, 0.25) is 0 Å². The highest BCUT2D eigenvalue weighted by Gasteiger charge is 2.13. The van der Waals surface area contributed by atoms with Crippen molar-refractivity contribution >= 4 is 12.0 Å². The van der Waals surface area contributed by atoms with Crippen molar-refractivity contribution in [3.63, 3.8) is 0 Å². The van der Waals surface area contributed by atoms with Crippen LogP contribution in [0.4, 0.5) is 8.78 Å². The lowest BCUT2D eigenvalue weighted by Crippen LogP contribution is -2.28. The second kappa shape index (κ2) is 12.4. The van der Waals surface area contributed by atoms with Crippen LogP contribution in [0, 0.1) is 11.6 Å². The Morgan fingerprint density at radius 2 is 1.56 bits per heavy atom. The van der Waals surface area contributed by atoms with Crippen LogP contribution >= 0.6 is 0 Å². The van der Waals surface area contributed by atoms with Crippen molar-refractivity contribution in [3.05, 3.63) is 137 Å². The monoisotopic (exact) mass is 484 g/mol. The van der Waals surface area contributed by atoms with Crippen LogP contribution in [0.5, 0.6) is 5.75 Å². The molecule has 0 radical (unpaired) electrons. The van der Waals surface area contributed by atoms with Crippen molar-refractivity contribution in [1.29, 1.82) is 0 Å². The number of aromatic nitrogens is 1. The molecule has 4 aromatic rings. The number of carbonyl (C=O) groups is 1. The molecule has 36 heavy (non-hydrogen) atoms. The number of hydrogen-bond acceptors (Lipinski definition) is 3. The molecule has 3 aromatic carbocycles. The number of rotatable bonds is 10. The first-order valence-corrected chi connectivity index (χ1v) is 11.6. The molecule has 182 valence electrons. The highest BCUT2D eigenvalue weighted by Crippen LogP contribution is 2.18. The average Bonchev–Trinajstić information content (AvgIpc) is 2.89. The second-order valence-corrected chi connectivity index (χ2v) is 8.31. The summed E-state index contributed by atoms with van der Waals surface area (Å²) in [6.07, 6.45) is 7.10. The molecule has 0 saturated carbocycles. The lowest BCUT2D eigenvalue weighted by atomic mass is 10.1. The maximum Gasteiger partial charge on any atom is 0.247 e. The standard InChI is InChI=1S/C30H26F2N2O2/c31-27-10-7-23(8-11-27)15-18-36-29-6-2-4-26(20-29)22-34(21-25-13-16-33-17-14-25)30(35)12-9-24-3-1-5-28(32)19-24/h1-14,16-17,19-20H,15,18,21-22H2. The van der Waals surface area contributed by atoms with E-state index in [1.54, 1.807) is 47.6 Å². The van der Waals surface area contributed by atoms with E-state index in [1.165, 1.54) is 30.3 Å². The van der Waals surface area contributed by atoms with Crippen LogP contribution in [0.1, 0.15) is 22.3 Å². The number of amides is 1. The first-order chi connectivity index (χ1) is 17.5. The second-order valence-electron chi connectivity index (χ2n) is 8.31. The molecule has 0 saturated heterocycles. The average molecular weight is 485 g/mol. The van der Waals surface area contributed by atoms with E-state index in [0.717, 1.165) is 16.7 Å². The van der Waals surface area contributed by atoms with Crippen LogP contribution in [0.25, 0.3) is 6.08 Å². The van der Waals surface area contributed by atoms with Gasteiger partial charge in [0.2, 0.25) is 5.91 Å². The van der Waals surface area contributed by atoms with Gasteiger partial charge in [-0.3, -0.25) is 9.78 Å². The smallest absolute Gasteiger partial charge is 0.247 e. The predicted octanol–water partition coefficient (Wildman–Crippen LogP) is 6.22. The largest absolute Gasteiger partial charge is 0.493 e. The third kappa shape index (κ3) is 7.60. The minimum Gasteiger partial charge on any atom is -0.493 e. The molecule has 0 atom stereocenters. The predicted molar refractivity (Wildman–Crippen MR) is 136 cm³/mol. The molecule has 1 amide bonds. The number of benzene rings is 3. The van der Waals surface area contributed by atoms with Gasteiger partial charge in [-0.1, -0.05) is 36.4 Å². The Bertz CT molecular complexity index is 1310. The summed E-state index contributed by atoms with van der Waals surface area (Å²) in [6, 6.07) is 23.8. The maximum absolute atomic E-state index is 13.5. The molecule has 4 nitrogen and oxygen atoms in total. The molecule has 0 spiro atoms. The highest BCUT2D eigenvalue weighted by molar-refractivity contribution is 5.91. The quantitative estimate of drug-likeness (QED) is 0.251. The number of ether oxygens (including phenoxy) is 1. The van der Waals surface area contributed by atoms with Crippen LogP contribution in [0.3, 0.4) is 0 Å². The van der Waals surface area contributed by atoms with Gasteiger partial charge in [0, 0.05) is 38.0 Å². The van der Waals surface area contributed by atoms with Gasteiger partial charge in [-0.05, 0) is 76.9 Å². The van der Waals surface area contributed by atoms with Gasteiger partial charge < -0.3 is 9.64 Å². The Hall–Kier alpha value is -4.32. The van der Waals surface area contributed by atoms with E-state index in [9.17, 15) is 13.6 Å². The van der Waals surface area contributed by atoms with Gasteiger partial charge in [0.25, 0.3) is 0 Å². The molecule has 1 heterocycles. The first kappa shape index (κ1) is 24.8. The lowest BCUT2D eigenvalue weighted by molar-refractivity contribution is -0.127. The number of pyridine rings is 1. The van der Waals surface area contributed by atoms with E-state index in [2.05, 4.69) is 4.98 Å². The van der Waals surface area contributed by atoms with E-state index in [-0.39, 0.29) is 17.5 Å². The van der Waals surface area contributed by atoms with Gasteiger partial charge in [0.05, 0.1) is 6.61 Å². The van der Waals surface area contributed by atoms with Gasteiger partial charge >= 0.3 is 0 Å². The fourth-order valence-electron chi connectivity index (χ4n) is 3.70. The summed E-state index contributed by atoms with van der Waals surface area (Å²) in [6.45, 7) is 1.21. The Labute approximate surface area is 209 Å². The number of carbonyl (C=O) groups excluding carboxylic acids is 1. The van der Waals surface area contributed by atoms with E-state index in [1.807, 2.05) is 36.4 Å². The van der Waals surface area contributed by atoms with Crippen LogP contribution in [0.15, 0.2) is 103 Å². The van der Waals surface area contributed by atoms with Crippen molar-refractivity contribution in [3.8, 4) is 5.75 Å². The normalized spacial score (nSPS) is 10.9. The van der Waals surface area contributed by atoms with Gasteiger partial charge in [-0.15, -0.1) is 0 Å². The summed E-state index contributed by atoms with van der Waals surface area (Å²) in [4.78, 5) is 18.9. The molecule has 1 aromatic heterocycles. The van der Waals surface area contributed by atoms with Crippen molar-refractivity contribution in [1.82, 2.24) is 9.88 Å². The minimum absolute atomic E-state index is 0.196. The molecule has 0 aliphatic rings. The lowest BCUT2D eigenvalue weighted by Gasteiger charge is -2.22.